The Bertz CT molecular complexity index is 874. The average molecular weight is 405 g/mol. The molecule has 1 fully saturated rings. The number of rotatable bonds is 8. The Balaban J connectivity index is 1.49. The minimum absolute atomic E-state index is 0.154. The number of ether oxygens (including phenoxy) is 2. The number of hydrogen-bond acceptors (Lipinski definition) is 6. The van der Waals surface area contributed by atoms with Crippen molar-refractivity contribution in [3.63, 3.8) is 0 Å². The SMILES string of the molecule is Cc1nc(N)[nH]c(=O)c1CCCNc1ccc(/C=C/C2(CCl)OCCO2)cc1. The molecule has 1 aliphatic heterocycles. The van der Waals surface area contributed by atoms with Gasteiger partial charge in [-0.3, -0.25) is 9.78 Å². The van der Waals surface area contributed by atoms with Crippen molar-refractivity contribution in [1.82, 2.24) is 9.97 Å². The molecular weight excluding hydrogens is 380 g/mol. The van der Waals surface area contributed by atoms with Gasteiger partial charge in [0, 0.05) is 23.5 Å². The van der Waals surface area contributed by atoms with Gasteiger partial charge in [0.25, 0.3) is 5.56 Å². The first-order chi connectivity index (χ1) is 13.5. The lowest BCUT2D eigenvalue weighted by Crippen LogP contribution is -2.29. The van der Waals surface area contributed by atoms with E-state index in [1.54, 1.807) is 6.92 Å². The smallest absolute Gasteiger partial charge is 0.255 e. The van der Waals surface area contributed by atoms with E-state index in [2.05, 4.69) is 15.3 Å². The number of halogens is 1. The van der Waals surface area contributed by atoms with Gasteiger partial charge in [-0.1, -0.05) is 18.2 Å². The standard InChI is InChI=1S/C20H25ClN4O3/c1-14-17(18(26)25-19(22)24-14)3-2-10-23-16-6-4-15(5-7-16)8-9-20(13-21)27-11-12-28-20/h4-9,23H,2-3,10-13H2,1H3,(H3,22,24,25,26)/b9-8+. The van der Waals surface area contributed by atoms with Gasteiger partial charge in [0.1, 0.15) is 0 Å². The normalized spacial score (nSPS) is 15.9. The molecule has 2 heterocycles. The summed E-state index contributed by atoms with van der Waals surface area (Å²) in [5.74, 6) is -0.401. The third-order valence-corrected chi connectivity index (χ3v) is 4.95. The van der Waals surface area contributed by atoms with Gasteiger partial charge in [0.05, 0.1) is 19.1 Å². The molecule has 0 unspecified atom stereocenters. The van der Waals surface area contributed by atoms with E-state index in [9.17, 15) is 4.79 Å². The summed E-state index contributed by atoms with van der Waals surface area (Å²) in [7, 11) is 0. The molecule has 0 atom stereocenters. The van der Waals surface area contributed by atoms with Crippen molar-refractivity contribution in [3.8, 4) is 0 Å². The van der Waals surface area contributed by atoms with Crippen molar-refractivity contribution in [3.05, 3.63) is 57.5 Å². The molecule has 0 amide bonds. The summed E-state index contributed by atoms with van der Waals surface area (Å²) in [4.78, 5) is 18.6. The van der Waals surface area contributed by atoms with Crippen molar-refractivity contribution in [1.29, 1.82) is 0 Å². The fraction of sp³-hybridized carbons (Fsp3) is 0.400. The minimum Gasteiger partial charge on any atom is -0.385 e. The number of nitrogens with two attached hydrogens (primary N) is 1. The quantitative estimate of drug-likeness (QED) is 0.461. The Hall–Kier alpha value is -2.35. The van der Waals surface area contributed by atoms with Crippen LogP contribution in [0.1, 0.15) is 23.2 Å². The maximum atomic E-state index is 11.9. The second-order valence-corrected chi connectivity index (χ2v) is 6.91. The maximum absolute atomic E-state index is 11.9. The van der Waals surface area contributed by atoms with Crippen molar-refractivity contribution in [2.75, 3.05) is 36.7 Å². The molecule has 150 valence electrons. The van der Waals surface area contributed by atoms with Gasteiger partial charge in [-0.25, -0.2) is 4.98 Å². The number of nitrogens with one attached hydrogen (secondary N) is 2. The predicted octanol–water partition coefficient (Wildman–Crippen LogP) is 2.70. The second-order valence-electron chi connectivity index (χ2n) is 6.64. The molecule has 1 saturated heterocycles. The summed E-state index contributed by atoms with van der Waals surface area (Å²) in [6.45, 7) is 3.65. The highest BCUT2D eigenvalue weighted by Crippen LogP contribution is 2.24. The number of hydrogen-bond donors (Lipinski definition) is 3. The lowest BCUT2D eigenvalue weighted by atomic mass is 10.1. The molecule has 8 heteroatoms. The number of nitrogen functional groups attached to an aromatic ring is 1. The molecular formula is C20H25ClN4O3. The molecule has 0 bridgehead atoms. The molecule has 0 spiro atoms. The van der Waals surface area contributed by atoms with Crippen molar-refractivity contribution < 1.29 is 9.47 Å². The lowest BCUT2D eigenvalue weighted by Gasteiger charge is -2.20. The molecule has 0 aliphatic carbocycles. The molecule has 7 nitrogen and oxygen atoms in total. The van der Waals surface area contributed by atoms with Crippen LogP contribution in [0.25, 0.3) is 6.08 Å². The van der Waals surface area contributed by atoms with Crippen LogP contribution in [0.3, 0.4) is 0 Å². The van der Waals surface area contributed by atoms with Crippen LogP contribution in [0, 0.1) is 6.92 Å². The van der Waals surface area contributed by atoms with Crippen LogP contribution in [0.5, 0.6) is 0 Å². The zero-order valence-electron chi connectivity index (χ0n) is 15.8. The van der Waals surface area contributed by atoms with Crippen LogP contribution < -0.4 is 16.6 Å². The molecule has 3 rings (SSSR count). The number of aromatic nitrogens is 2. The van der Waals surface area contributed by atoms with E-state index >= 15 is 0 Å². The fourth-order valence-electron chi connectivity index (χ4n) is 3.05. The third-order valence-electron chi connectivity index (χ3n) is 4.58. The highest BCUT2D eigenvalue weighted by Gasteiger charge is 2.32. The zero-order valence-corrected chi connectivity index (χ0v) is 16.6. The molecule has 0 saturated carbocycles. The highest BCUT2D eigenvalue weighted by atomic mass is 35.5. The third kappa shape index (κ3) is 5.13. The Morgan fingerprint density at radius 3 is 2.68 bits per heavy atom. The molecule has 0 radical (unpaired) electrons. The second kappa shape index (κ2) is 9.23. The van der Waals surface area contributed by atoms with Crippen LogP contribution in [0.2, 0.25) is 0 Å². The van der Waals surface area contributed by atoms with E-state index < -0.39 is 5.79 Å². The summed E-state index contributed by atoms with van der Waals surface area (Å²) in [6, 6.07) is 8.03. The number of alkyl halides is 1. The van der Waals surface area contributed by atoms with Gasteiger partial charge in [-0.2, -0.15) is 0 Å². The first-order valence-corrected chi connectivity index (χ1v) is 9.77. The number of benzene rings is 1. The number of nitrogens with zero attached hydrogens (tertiary/aromatic N) is 1. The Labute approximate surface area is 168 Å². The molecule has 1 aromatic carbocycles. The number of aromatic amines is 1. The average Bonchev–Trinajstić information content (AvgIpc) is 3.15. The number of anilines is 2. The Morgan fingerprint density at radius 2 is 2.04 bits per heavy atom. The van der Waals surface area contributed by atoms with Gasteiger partial charge in [0.2, 0.25) is 11.7 Å². The van der Waals surface area contributed by atoms with Gasteiger partial charge in [-0.15, -0.1) is 11.6 Å². The number of aryl methyl sites for hydroxylation is 1. The van der Waals surface area contributed by atoms with Gasteiger partial charge in [0.15, 0.2) is 0 Å². The zero-order chi connectivity index (χ0) is 20.0. The Kier molecular flexibility index (Phi) is 6.72. The maximum Gasteiger partial charge on any atom is 0.255 e. The van der Waals surface area contributed by atoms with Crippen molar-refractivity contribution in [2.45, 2.75) is 25.6 Å². The molecule has 1 aliphatic rings. The van der Waals surface area contributed by atoms with Crippen LogP contribution in [-0.2, 0) is 15.9 Å². The van der Waals surface area contributed by atoms with Crippen LogP contribution in [0.4, 0.5) is 11.6 Å². The monoisotopic (exact) mass is 404 g/mol. The van der Waals surface area contributed by atoms with Gasteiger partial charge in [-0.05, 0) is 43.5 Å². The molecule has 1 aromatic heterocycles. The van der Waals surface area contributed by atoms with E-state index in [0.29, 0.717) is 30.9 Å². The van der Waals surface area contributed by atoms with Gasteiger partial charge >= 0.3 is 0 Å². The first-order valence-electron chi connectivity index (χ1n) is 9.24. The van der Waals surface area contributed by atoms with Crippen LogP contribution >= 0.6 is 11.6 Å². The van der Waals surface area contributed by atoms with Crippen LogP contribution in [0.15, 0.2) is 35.1 Å². The topological polar surface area (TPSA) is 102 Å². The summed E-state index contributed by atoms with van der Waals surface area (Å²) in [6.07, 6.45) is 5.25. The molecule has 2 aromatic rings. The highest BCUT2D eigenvalue weighted by molar-refractivity contribution is 6.18. The summed E-state index contributed by atoms with van der Waals surface area (Å²) in [5.41, 5.74) is 8.79. The van der Waals surface area contributed by atoms with Gasteiger partial charge < -0.3 is 20.5 Å². The fourth-order valence-corrected chi connectivity index (χ4v) is 3.29. The summed E-state index contributed by atoms with van der Waals surface area (Å²) in [5, 5.41) is 3.36. The largest absolute Gasteiger partial charge is 0.385 e. The molecule has 4 N–H and O–H groups in total. The molecule has 28 heavy (non-hydrogen) atoms. The number of H-pyrrole nitrogens is 1. The predicted molar refractivity (Wildman–Crippen MR) is 112 cm³/mol. The van der Waals surface area contributed by atoms with E-state index in [-0.39, 0.29) is 17.4 Å². The summed E-state index contributed by atoms with van der Waals surface area (Å²) >= 11 is 5.96. The van der Waals surface area contributed by atoms with Crippen LogP contribution in [-0.4, -0.2) is 41.4 Å². The van der Waals surface area contributed by atoms with E-state index in [4.69, 9.17) is 26.8 Å². The van der Waals surface area contributed by atoms with Crippen molar-refractivity contribution in [2.24, 2.45) is 0 Å². The van der Waals surface area contributed by atoms with E-state index in [1.165, 1.54) is 0 Å². The first kappa shape index (κ1) is 20.4. The van der Waals surface area contributed by atoms with Crippen molar-refractivity contribution >= 4 is 29.3 Å². The van der Waals surface area contributed by atoms with E-state index in [0.717, 1.165) is 24.2 Å². The summed E-state index contributed by atoms with van der Waals surface area (Å²) < 4.78 is 11.1. The van der Waals surface area contributed by atoms with E-state index in [1.807, 2.05) is 36.4 Å². The minimum atomic E-state index is -0.814. The lowest BCUT2D eigenvalue weighted by molar-refractivity contribution is -0.0959. The Morgan fingerprint density at radius 1 is 1.32 bits per heavy atom.